The van der Waals surface area contributed by atoms with E-state index in [1.165, 1.54) is 47.0 Å². The van der Waals surface area contributed by atoms with E-state index >= 15 is 0 Å². The van der Waals surface area contributed by atoms with Crippen molar-refractivity contribution in [1.29, 1.82) is 0 Å². The predicted molar refractivity (Wildman–Crippen MR) is 152 cm³/mol. The fraction of sp³-hybridized carbons (Fsp3) is 0.536. The summed E-state index contributed by atoms with van der Waals surface area (Å²) in [5.74, 6) is 0.977. The molecule has 1 aliphatic heterocycles. The molecular formula is C28H36BrN5OS. The molecule has 2 aromatic heterocycles. The number of hydrogen-bond acceptors (Lipinski definition) is 6. The third-order valence-electron chi connectivity index (χ3n) is 7.61. The third kappa shape index (κ3) is 5.92. The van der Waals surface area contributed by atoms with E-state index in [1.807, 2.05) is 4.90 Å². The Morgan fingerprint density at radius 2 is 2.11 bits per heavy atom. The Hall–Kier alpha value is -2.03. The zero-order chi connectivity index (χ0) is 24.9. The van der Waals surface area contributed by atoms with Crippen LogP contribution in [0.3, 0.4) is 0 Å². The van der Waals surface area contributed by atoms with E-state index in [0.717, 1.165) is 67.0 Å². The van der Waals surface area contributed by atoms with Crippen LogP contribution in [0.2, 0.25) is 0 Å². The Kier molecular flexibility index (Phi) is 8.54. The van der Waals surface area contributed by atoms with Crippen molar-refractivity contribution in [1.82, 2.24) is 19.8 Å². The molecule has 2 aromatic rings. The highest BCUT2D eigenvalue weighted by molar-refractivity contribution is 9.11. The predicted octanol–water partition coefficient (Wildman–Crippen LogP) is 6.55. The number of thiophene rings is 1. The molecular weight excluding hydrogens is 534 g/mol. The molecule has 0 unspecified atom stereocenters. The zero-order valence-electron chi connectivity index (χ0n) is 21.1. The third-order valence-corrected chi connectivity index (χ3v) is 9.36. The summed E-state index contributed by atoms with van der Waals surface area (Å²) in [7, 11) is 0. The van der Waals surface area contributed by atoms with Crippen molar-refractivity contribution < 1.29 is 4.79 Å². The topological polar surface area (TPSA) is 61.4 Å². The number of fused-ring (bicyclic) bond motifs is 3. The van der Waals surface area contributed by atoms with Crippen LogP contribution in [0, 0.1) is 0 Å². The van der Waals surface area contributed by atoms with E-state index < -0.39 is 0 Å². The van der Waals surface area contributed by atoms with Crippen LogP contribution in [0.4, 0.5) is 5.82 Å². The Morgan fingerprint density at radius 1 is 1.25 bits per heavy atom. The molecule has 0 saturated heterocycles. The second-order valence-corrected chi connectivity index (χ2v) is 12.1. The number of rotatable bonds is 7. The number of allylic oxidation sites excluding steroid dienone is 3. The van der Waals surface area contributed by atoms with Gasteiger partial charge in [-0.2, -0.15) is 0 Å². The van der Waals surface area contributed by atoms with Crippen LogP contribution in [-0.4, -0.2) is 51.4 Å². The molecule has 1 saturated carbocycles. The van der Waals surface area contributed by atoms with Crippen LogP contribution in [-0.2, 0) is 17.8 Å². The minimum Gasteiger partial charge on any atom is -0.340 e. The maximum Gasteiger partial charge on any atom is 0.246 e. The van der Waals surface area contributed by atoms with Crippen LogP contribution in [0.1, 0.15) is 68.7 Å². The first-order chi connectivity index (χ1) is 17.6. The van der Waals surface area contributed by atoms with Crippen LogP contribution in [0.15, 0.2) is 40.8 Å². The minimum atomic E-state index is 0.112. The number of halogens is 1. The zero-order valence-corrected chi connectivity index (χ0v) is 23.5. The van der Waals surface area contributed by atoms with E-state index in [2.05, 4.69) is 61.3 Å². The van der Waals surface area contributed by atoms with Crippen molar-refractivity contribution in [3.63, 3.8) is 0 Å². The quantitative estimate of drug-likeness (QED) is 0.383. The first-order valence-electron chi connectivity index (χ1n) is 13.4. The molecule has 1 amide bonds. The molecule has 0 radical (unpaired) electrons. The Labute approximate surface area is 226 Å². The lowest BCUT2D eigenvalue weighted by molar-refractivity contribution is -0.126. The van der Waals surface area contributed by atoms with Crippen molar-refractivity contribution in [2.24, 2.45) is 0 Å². The summed E-state index contributed by atoms with van der Waals surface area (Å²) in [4.78, 5) is 28.9. The van der Waals surface area contributed by atoms with Crippen LogP contribution >= 0.6 is 27.3 Å². The number of amides is 1. The lowest BCUT2D eigenvalue weighted by atomic mass is 9.94. The molecule has 8 heteroatoms. The van der Waals surface area contributed by atoms with Gasteiger partial charge in [-0.3, -0.25) is 9.69 Å². The summed E-state index contributed by atoms with van der Waals surface area (Å²) in [6.07, 6.45) is 20.6. The number of carbonyl (C=O) groups is 1. The van der Waals surface area contributed by atoms with E-state index in [-0.39, 0.29) is 5.91 Å². The number of hydrogen-bond donors (Lipinski definition) is 1. The Balaban J connectivity index is 1.27. The van der Waals surface area contributed by atoms with Gasteiger partial charge in [0.2, 0.25) is 5.91 Å². The largest absolute Gasteiger partial charge is 0.340 e. The van der Waals surface area contributed by atoms with Crippen molar-refractivity contribution in [3.8, 4) is 0 Å². The van der Waals surface area contributed by atoms with Crippen molar-refractivity contribution in [2.75, 3.05) is 25.0 Å². The SMILES string of the molecule is CCN(C/C=C/C(=O)N1CCc2c(sc3ncnc(NC4=CCCCC(Br)=C4)c23)C1)C1CCCCC1. The summed E-state index contributed by atoms with van der Waals surface area (Å²) in [6, 6.07) is 0.675. The normalized spacial score (nSPS) is 19.4. The smallest absolute Gasteiger partial charge is 0.246 e. The van der Waals surface area contributed by atoms with Gasteiger partial charge in [-0.25, -0.2) is 9.97 Å². The fourth-order valence-corrected chi connectivity index (χ4v) is 7.37. The average molecular weight is 571 g/mol. The van der Waals surface area contributed by atoms with Crippen molar-refractivity contribution in [2.45, 2.75) is 77.3 Å². The van der Waals surface area contributed by atoms with E-state index in [1.54, 1.807) is 23.7 Å². The molecule has 0 aromatic carbocycles. The molecule has 0 spiro atoms. The molecule has 1 fully saturated rings. The number of likely N-dealkylation sites (N-methyl/N-ethyl adjacent to an activating group) is 1. The molecule has 192 valence electrons. The standard InChI is InChI=1S/C28H36BrN5OS/c1-2-33(22-11-4-3-5-12-22)15-8-13-25(35)34-16-14-23-24(18-34)36-28-26(23)27(30-19-31-28)32-21-10-7-6-9-20(29)17-21/h8,10,13,17,19,22H,2-7,9,11-12,14-16,18H2,1H3,(H,30,31,32)/b13-8+. The lowest BCUT2D eigenvalue weighted by Crippen LogP contribution is -2.37. The highest BCUT2D eigenvalue weighted by Crippen LogP contribution is 2.38. The number of nitrogens with zero attached hydrogens (tertiary/aromatic N) is 4. The van der Waals surface area contributed by atoms with Gasteiger partial charge in [0.05, 0.1) is 11.9 Å². The number of anilines is 1. The fourth-order valence-electron chi connectivity index (χ4n) is 5.64. The van der Waals surface area contributed by atoms with E-state index in [0.29, 0.717) is 12.6 Å². The summed E-state index contributed by atoms with van der Waals surface area (Å²) in [5, 5.41) is 4.66. The monoisotopic (exact) mass is 569 g/mol. The second-order valence-electron chi connectivity index (χ2n) is 9.97. The lowest BCUT2D eigenvalue weighted by Gasteiger charge is -2.32. The first kappa shape index (κ1) is 25.6. The molecule has 3 heterocycles. The van der Waals surface area contributed by atoms with Crippen molar-refractivity contribution in [3.05, 3.63) is 51.3 Å². The Morgan fingerprint density at radius 3 is 2.94 bits per heavy atom. The van der Waals surface area contributed by atoms with Gasteiger partial charge in [-0.1, -0.05) is 54.3 Å². The van der Waals surface area contributed by atoms with E-state index in [9.17, 15) is 4.79 Å². The summed E-state index contributed by atoms with van der Waals surface area (Å²) in [5.41, 5.74) is 2.37. The Bertz CT molecular complexity index is 1180. The van der Waals surface area contributed by atoms with Gasteiger partial charge in [0.1, 0.15) is 17.0 Å². The van der Waals surface area contributed by atoms with Gasteiger partial charge in [0, 0.05) is 35.8 Å². The summed E-state index contributed by atoms with van der Waals surface area (Å²) >= 11 is 5.36. The first-order valence-corrected chi connectivity index (χ1v) is 15.0. The molecule has 5 rings (SSSR count). The molecule has 0 atom stereocenters. The van der Waals surface area contributed by atoms with Crippen LogP contribution in [0.5, 0.6) is 0 Å². The summed E-state index contributed by atoms with van der Waals surface area (Å²) in [6.45, 7) is 5.50. The maximum absolute atomic E-state index is 13.0. The van der Waals surface area contributed by atoms with Gasteiger partial charge in [0.25, 0.3) is 0 Å². The highest BCUT2D eigenvalue weighted by atomic mass is 79.9. The van der Waals surface area contributed by atoms with Crippen LogP contribution in [0.25, 0.3) is 10.2 Å². The van der Waals surface area contributed by atoms with Gasteiger partial charge in [-0.05, 0) is 61.2 Å². The number of carbonyl (C=O) groups excluding carboxylic acids is 1. The molecule has 0 bridgehead atoms. The summed E-state index contributed by atoms with van der Waals surface area (Å²) < 4.78 is 1.21. The van der Waals surface area contributed by atoms with Gasteiger partial charge in [0.15, 0.2) is 0 Å². The van der Waals surface area contributed by atoms with E-state index in [4.69, 9.17) is 0 Å². The second kappa shape index (κ2) is 12.0. The minimum absolute atomic E-state index is 0.112. The van der Waals surface area contributed by atoms with Crippen molar-refractivity contribution >= 4 is 49.2 Å². The van der Waals surface area contributed by atoms with Crippen LogP contribution < -0.4 is 5.32 Å². The molecule has 36 heavy (non-hydrogen) atoms. The maximum atomic E-state index is 13.0. The van der Waals surface area contributed by atoms with Gasteiger partial charge >= 0.3 is 0 Å². The molecule has 3 aliphatic rings. The number of aromatic nitrogens is 2. The average Bonchev–Trinajstić information content (AvgIpc) is 3.15. The van der Waals surface area contributed by atoms with Gasteiger partial charge < -0.3 is 10.2 Å². The molecule has 6 nitrogen and oxygen atoms in total. The number of nitrogens with one attached hydrogen (secondary N) is 1. The molecule has 2 aliphatic carbocycles. The molecule has 1 N–H and O–H groups in total. The highest BCUT2D eigenvalue weighted by Gasteiger charge is 2.26. The van der Waals surface area contributed by atoms with Gasteiger partial charge in [-0.15, -0.1) is 11.3 Å².